The number of piperidine rings is 2. The van der Waals surface area contributed by atoms with Gasteiger partial charge in [0, 0.05) is 37.5 Å². The molecule has 0 aromatic heterocycles. The fourth-order valence-corrected chi connectivity index (χ4v) is 4.02. The van der Waals surface area contributed by atoms with Crippen LogP contribution in [0.4, 0.5) is 0 Å². The summed E-state index contributed by atoms with van der Waals surface area (Å²) in [7, 11) is 2.25. The smallest absolute Gasteiger partial charge is 0.136 e. The topological polar surface area (TPSA) is 23.6 Å². The summed E-state index contributed by atoms with van der Waals surface area (Å²) >= 11 is 0. The van der Waals surface area contributed by atoms with Crippen molar-refractivity contribution in [2.75, 3.05) is 20.1 Å². The van der Waals surface area contributed by atoms with Crippen LogP contribution in [0.1, 0.15) is 44.9 Å². The second-order valence-electron chi connectivity index (χ2n) is 6.16. The predicted molar refractivity (Wildman–Crippen MR) is 68.0 cm³/mol. The summed E-state index contributed by atoms with van der Waals surface area (Å²) in [6.07, 6.45) is 8.18. The van der Waals surface area contributed by atoms with Crippen LogP contribution in [0.25, 0.3) is 0 Å². The van der Waals surface area contributed by atoms with Crippen molar-refractivity contribution in [3.63, 3.8) is 0 Å². The highest BCUT2D eigenvalue weighted by Crippen LogP contribution is 2.33. The van der Waals surface area contributed by atoms with E-state index in [0.29, 0.717) is 17.9 Å². The molecule has 3 unspecified atom stereocenters. The summed E-state index contributed by atoms with van der Waals surface area (Å²) in [5, 5.41) is 0. The van der Waals surface area contributed by atoms with E-state index in [9.17, 15) is 4.79 Å². The van der Waals surface area contributed by atoms with Gasteiger partial charge in [-0.3, -0.25) is 9.69 Å². The first-order valence-corrected chi connectivity index (χ1v) is 7.21. The van der Waals surface area contributed by atoms with Crippen molar-refractivity contribution in [1.29, 1.82) is 0 Å². The molecule has 0 aromatic rings. The monoisotopic (exact) mass is 236 g/mol. The number of hydrogen-bond acceptors (Lipinski definition) is 3. The normalized spacial score (nSPS) is 39.8. The number of likely N-dealkylation sites (N-methyl/N-ethyl adjacent to an activating group) is 1. The standard InChI is InChI=1S/C14H24N2O/c1-15-7-3-6-13(15)10-16-11-4-2-5-12(16)9-14(17)8-11/h11-13H,2-10H2,1H3. The molecule has 0 N–H and O–H groups in total. The van der Waals surface area contributed by atoms with E-state index in [4.69, 9.17) is 0 Å². The average molecular weight is 236 g/mol. The molecule has 3 heterocycles. The van der Waals surface area contributed by atoms with Crippen LogP contribution >= 0.6 is 0 Å². The van der Waals surface area contributed by atoms with Gasteiger partial charge < -0.3 is 4.90 Å². The van der Waals surface area contributed by atoms with Crippen LogP contribution in [-0.2, 0) is 4.79 Å². The van der Waals surface area contributed by atoms with Crippen molar-refractivity contribution in [3.05, 3.63) is 0 Å². The van der Waals surface area contributed by atoms with Gasteiger partial charge in [0.2, 0.25) is 0 Å². The largest absolute Gasteiger partial charge is 0.302 e. The summed E-state index contributed by atoms with van der Waals surface area (Å²) < 4.78 is 0. The first-order valence-electron chi connectivity index (χ1n) is 7.21. The average Bonchev–Trinajstić information content (AvgIpc) is 2.66. The van der Waals surface area contributed by atoms with Crippen LogP contribution in [0.2, 0.25) is 0 Å². The molecule has 0 aromatic carbocycles. The van der Waals surface area contributed by atoms with Gasteiger partial charge in [-0.1, -0.05) is 6.42 Å². The first kappa shape index (κ1) is 11.7. The van der Waals surface area contributed by atoms with E-state index in [0.717, 1.165) is 18.9 Å². The molecule has 3 aliphatic rings. The van der Waals surface area contributed by atoms with Gasteiger partial charge in [0.15, 0.2) is 0 Å². The molecular formula is C14H24N2O. The van der Waals surface area contributed by atoms with E-state index in [1.807, 2.05) is 0 Å². The van der Waals surface area contributed by atoms with E-state index in [-0.39, 0.29) is 0 Å². The molecule has 3 nitrogen and oxygen atoms in total. The number of carbonyl (C=O) groups excluding carboxylic acids is 1. The number of carbonyl (C=O) groups is 1. The van der Waals surface area contributed by atoms with Gasteiger partial charge in [-0.2, -0.15) is 0 Å². The molecule has 0 saturated carbocycles. The van der Waals surface area contributed by atoms with Crippen molar-refractivity contribution >= 4 is 5.78 Å². The molecule has 0 amide bonds. The third kappa shape index (κ3) is 2.27. The number of hydrogen-bond donors (Lipinski definition) is 0. The SMILES string of the molecule is CN1CCCC1CN1C2CCCC1CC(=O)C2. The van der Waals surface area contributed by atoms with Gasteiger partial charge in [-0.25, -0.2) is 0 Å². The summed E-state index contributed by atoms with van der Waals surface area (Å²) in [5.41, 5.74) is 0. The van der Waals surface area contributed by atoms with Gasteiger partial charge in [0.1, 0.15) is 5.78 Å². The van der Waals surface area contributed by atoms with Crippen molar-refractivity contribution in [2.45, 2.75) is 63.1 Å². The van der Waals surface area contributed by atoms with E-state index < -0.39 is 0 Å². The molecule has 3 heteroatoms. The molecule has 3 rings (SSSR count). The van der Waals surface area contributed by atoms with E-state index in [1.165, 1.54) is 45.2 Å². The fourth-order valence-electron chi connectivity index (χ4n) is 4.02. The fraction of sp³-hybridized carbons (Fsp3) is 0.929. The lowest BCUT2D eigenvalue weighted by Crippen LogP contribution is -2.55. The molecule has 3 atom stereocenters. The molecule has 17 heavy (non-hydrogen) atoms. The minimum atomic E-state index is 0.510. The Labute approximate surface area is 104 Å². The Hall–Kier alpha value is -0.410. The minimum absolute atomic E-state index is 0.510. The quantitative estimate of drug-likeness (QED) is 0.728. The number of fused-ring (bicyclic) bond motifs is 2. The maximum Gasteiger partial charge on any atom is 0.136 e. The molecule has 0 radical (unpaired) electrons. The zero-order valence-corrected chi connectivity index (χ0v) is 10.9. The number of likely N-dealkylation sites (tertiary alicyclic amines) is 1. The van der Waals surface area contributed by atoms with Crippen LogP contribution < -0.4 is 0 Å². The predicted octanol–water partition coefficient (Wildman–Crippen LogP) is 1.67. The van der Waals surface area contributed by atoms with Gasteiger partial charge in [-0.05, 0) is 39.3 Å². The Kier molecular flexibility index (Phi) is 3.22. The Morgan fingerprint density at radius 3 is 2.41 bits per heavy atom. The zero-order chi connectivity index (χ0) is 11.8. The highest BCUT2D eigenvalue weighted by molar-refractivity contribution is 5.80. The van der Waals surface area contributed by atoms with E-state index in [2.05, 4.69) is 16.8 Å². The maximum atomic E-state index is 11.7. The second-order valence-corrected chi connectivity index (χ2v) is 6.16. The molecule has 96 valence electrons. The summed E-state index contributed by atoms with van der Waals surface area (Å²) in [5.74, 6) is 0.510. The highest BCUT2D eigenvalue weighted by Gasteiger charge is 2.39. The van der Waals surface area contributed by atoms with Crippen molar-refractivity contribution in [1.82, 2.24) is 9.80 Å². The lowest BCUT2D eigenvalue weighted by atomic mass is 9.83. The molecule has 3 saturated heterocycles. The van der Waals surface area contributed by atoms with E-state index >= 15 is 0 Å². The lowest BCUT2D eigenvalue weighted by Gasteiger charge is -2.47. The van der Waals surface area contributed by atoms with Crippen LogP contribution in [0, 0.1) is 0 Å². The molecular weight excluding hydrogens is 212 g/mol. The molecule has 3 aliphatic heterocycles. The number of rotatable bonds is 2. The lowest BCUT2D eigenvalue weighted by molar-refractivity contribution is -0.127. The third-order valence-corrected chi connectivity index (χ3v) is 5.03. The Bertz CT molecular complexity index is 289. The van der Waals surface area contributed by atoms with Crippen molar-refractivity contribution in [2.24, 2.45) is 0 Å². The highest BCUT2D eigenvalue weighted by atomic mass is 16.1. The Morgan fingerprint density at radius 1 is 1.12 bits per heavy atom. The van der Waals surface area contributed by atoms with E-state index in [1.54, 1.807) is 0 Å². The second kappa shape index (κ2) is 4.69. The van der Waals surface area contributed by atoms with Crippen LogP contribution in [-0.4, -0.2) is 53.8 Å². The van der Waals surface area contributed by atoms with Gasteiger partial charge in [0.05, 0.1) is 0 Å². The van der Waals surface area contributed by atoms with Crippen LogP contribution in [0.3, 0.4) is 0 Å². The Balaban J connectivity index is 1.67. The first-order chi connectivity index (χ1) is 8.24. The van der Waals surface area contributed by atoms with Gasteiger partial charge in [0.25, 0.3) is 0 Å². The minimum Gasteiger partial charge on any atom is -0.302 e. The summed E-state index contributed by atoms with van der Waals surface area (Å²) in [6.45, 7) is 2.46. The van der Waals surface area contributed by atoms with Gasteiger partial charge in [-0.15, -0.1) is 0 Å². The molecule has 2 bridgehead atoms. The number of Topliss-reactive ketones (excluding diaryl/α,β-unsaturated/α-hetero) is 1. The van der Waals surface area contributed by atoms with Gasteiger partial charge >= 0.3 is 0 Å². The summed E-state index contributed by atoms with van der Waals surface area (Å²) in [4.78, 5) is 16.9. The van der Waals surface area contributed by atoms with Crippen LogP contribution in [0.15, 0.2) is 0 Å². The van der Waals surface area contributed by atoms with Crippen molar-refractivity contribution < 1.29 is 4.79 Å². The van der Waals surface area contributed by atoms with Crippen LogP contribution in [0.5, 0.6) is 0 Å². The molecule has 0 aliphatic carbocycles. The maximum absolute atomic E-state index is 11.7. The molecule has 3 fully saturated rings. The number of nitrogens with zero attached hydrogens (tertiary/aromatic N) is 2. The number of ketones is 1. The Morgan fingerprint density at radius 2 is 1.82 bits per heavy atom. The third-order valence-electron chi connectivity index (χ3n) is 5.03. The summed E-state index contributed by atoms with van der Waals surface area (Å²) in [6, 6.07) is 1.89. The molecule has 0 spiro atoms. The zero-order valence-electron chi connectivity index (χ0n) is 10.9. The van der Waals surface area contributed by atoms with Crippen molar-refractivity contribution in [3.8, 4) is 0 Å².